The van der Waals surface area contributed by atoms with Crippen LogP contribution in [0, 0.1) is 0 Å². The van der Waals surface area contributed by atoms with E-state index in [4.69, 9.17) is 33.2 Å². The lowest BCUT2D eigenvalue weighted by Gasteiger charge is -2.30. The Labute approximate surface area is 380 Å². The highest BCUT2D eigenvalue weighted by Crippen LogP contribution is 2.29. The maximum atomic E-state index is 7.07. The van der Waals surface area contributed by atoms with Gasteiger partial charge in [-0.2, -0.15) is 0 Å². The van der Waals surface area contributed by atoms with Gasteiger partial charge in [0.15, 0.2) is 11.5 Å². The van der Waals surface area contributed by atoms with Crippen LogP contribution in [0.15, 0.2) is 23.0 Å². The normalized spacial score (nSPS) is 13.5. The predicted octanol–water partition coefficient (Wildman–Crippen LogP) is 17.6. The molecule has 0 amide bonds. The van der Waals surface area contributed by atoms with Crippen LogP contribution in [0.4, 0.5) is 0 Å². The Hall–Kier alpha value is -1.44. The molecule has 0 bridgehead atoms. The zero-order chi connectivity index (χ0) is 44.7. The first-order valence-corrected chi connectivity index (χ1v) is 26.9. The summed E-state index contributed by atoms with van der Waals surface area (Å²) in [4.78, 5) is 0. The standard InChI is InChI=1S/C54H106O7/c1-9-17-21-25-29-33-37-41-45-49(55-13-5)51(57-15-7)53(59-47-43-39-35-31-27-23-19-11-3)61-54(60-48-44-40-36-32-28-24-20-12-4)52(58-16-8)50(56-14-6)46-42-38-34-30-26-22-18-10-2/h53-54H,9-48H2,1-8H3. The van der Waals surface area contributed by atoms with Gasteiger partial charge in [-0.25, -0.2) is 0 Å². The molecule has 7 nitrogen and oxygen atoms in total. The molecule has 0 spiro atoms. The fourth-order valence-corrected chi connectivity index (χ4v) is 7.91. The molecule has 7 heteroatoms. The van der Waals surface area contributed by atoms with Crippen molar-refractivity contribution >= 4 is 0 Å². The van der Waals surface area contributed by atoms with Crippen LogP contribution in [0.5, 0.6) is 0 Å². The number of hydrogen-bond acceptors (Lipinski definition) is 7. The maximum absolute atomic E-state index is 7.07. The fraction of sp³-hybridized carbons (Fsp3) is 0.926. The van der Waals surface area contributed by atoms with Crippen LogP contribution in [0.1, 0.15) is 274 Å². The highest BCUT2D eigenvalue weighted by Gasteiger charge is 2.32. The van der Waals surface area contributed by atoms with E-state index in [2.05, 4.69) is 41.5 Å². The van der Waals surface area contributed by atoms with E-state index in [-0.39, 0.29) is 0 Å². The second kappa shape index (κ2) is 48.0. The Morgan fingerprint density at radius 3 is 0.787 bits per heavy atom. The van der Waals surface area contributed by atoms with Crippen LogP contribution >= 0.6 is 0 Å². The first-order chi connectivity index (χ1) is 30.1. The Morgan fingerprint density at radius 1 is 0.279 bits per heavy atom. The van der Waals surface area contributed by atoms with E-state index in [1.54, 1.807) is 0 Å². The summed E-state index contributed by atoms with van der Waals surface area (Å²) < 4.78 is 46.5. The van der Waals surface area contributed by atoms with Crippen molar-refractivity contribution in [3.05, 3.63) is 23.0 Å². The molecule has 0 N–H and O–H groups in total. The third kappa shape index (κ3) is 35.6. The predicted molar refractivity (Wildman–Crippen MR) is 261 cm³/mol. The van der Waals surface area contributed by atoms with E-state index < -0.39 is 12.6 Å². The zero-order valence-corrected chi connectivity index (χ0v) is 42.3. The Bertz CT molecular complexity index is 876. The van der Waals surface area contributed by atoms with Gasteiger partial charge in [-0.05, 0) is 53.4 Å². The number of unbranched alkanes of at least 4 members (excludes halogenated alkanes) is 28. The average molecular weight is 867 g/mol. The number of allylic oxidation sites excluding steroid dienone is 2. The quantitative estimate of drug-likeness (QED) is 0.0343. The van der Waals surface area contributed by atoms with Gasteiger partial charge in [0.1, 0.15) is 11.5 Å². The summed E-state index contributed by atoms with van der Waals surface area (Å²) in [5, 5.41) is 0. The van der Waals surface area contributed by atoms with Crippen molar-refractivity contribution < 1.29 is 33.2 Å². The number of rotatable bonds is 50. The second-order valence-corrected chi connectivity index (χ2v) is 17.2. The van der Waals surface area contributed by atoms with E-state index in [0.717, 1.165) is 62.9 Å². The Balaban J connectivity index is 6.58. The SMILES string of the molecule is CCCCCCCCCCOC(OC(OCCCCCCCCCC)C(OCC)=C(CCCCCCCCCC)OCC)C(OCC)=C(CCCCCCCCCC)OCC. The van der Waals surface area contributed by atoms with Crippen LogP contribution < -0.4 is 0 Å². The molecule has 61 heavy (non-hydrogen) atoms. The third-order valence-corrected chi connectivity index (χ3v) is 11.5. The lowest BCUT2D eigenvalue weighted by molar-refractivity contribution is -0.242. The van der Waals surface area contributed by atoms with Crippen LogP contribution in [0.3, 0.4) is 0 Å². The van der Waals surface area contributed by atoms with E-state index in [9.17, 15) is 0 Å². The average Bonchev–Trinajstić information content (AvgIpc) is 3.26. The largest absolute Gasteiger partial charge is 0.495 e. The molecule has 2 atom stereocenters. The fourth-order valence-electron chi connectivity index (χ4n) is 7.91. The molecule has 0 aromatic heterocycles. The van der Waals surface area contributed by atoms with Crippen molar-refractivity contribution in [2.24, 2.45) is 0 Å². The molecule has 0 rings (SSSR count). The highest BCUT2D eigenvalue weighted by molar-refractivity contribution is 5.09. The first-order valence-electron chi connectivity index (χ1n) is 26.9. The van der Waals surface area contributed by atoms with Gasteiger partial charge < -0.3 is 33.2 Å². The van der Waals surface area contributed by atoms with Gasteiger partial charge >= 0.3 is 0 Å². The van der Waals surface area contributed by atoms with Crippen molar-refractivity contribution in [1.29, 1.82) is 0 Å². The molecular formula is C54H106O7. The zero-order valence-electron chi connectivity index (χ0n) is 42.3. The molecule has 0 heterocycles. The van der Waals surface area contributed by atoms with Crippen molar-refractivity contribution in [1.82, 2.24) is 0 Å². The summed E-state index contributed by atoms with van der Waals surface area (Å²) in [5.41, 5.74) is 0. The van der Waals surface area contributed by atoms with Crippen molar-refractivity contribution in [3.63, 3.8) is 0 Å². The molecule has 0 fully saturated rings. The van der Waals surface area contributed by atoms with Crippen LogP contribution in [-0.4, -0.2) is 52.2 Å². The van der Waals surface area contributed by atoms with Gasteiger partial charge in [0.05, 0.1) is 39.6 Å². The topological polar surface area (TPSA) is 64.6 Å². The van der Waals surface area contributed by atoms with Crippen molar-refractivity contribution in [2.45, 2.75) is 286 Å². The number of ether oxygens (including phenoxy) is 7. The summed E-state index contributed by atoms with van der Waals surface area (Å²) in [6.45, 7) is 20.5. The minimum absolute atomic E-state index is 0.491. The first kappa shape index (κ1) is 59.6. The summed E-state index contributed by atoms with van der Waals surface area (Å²) in [7, 11) is 0. The molecule has 0 aliphatic carbocycles. The Morgan fingerprint density at radius 2 is 0.525 bits per heavy atom. The van der Waals surface area contributed by atoms with Gasteiger partial charge in [-0.1, -0.05) is 207 Å². The minimum atomic E-state index is -0.801. The highest BCUT2D eigenvalue weighted by atomic mass is 16.8. The van der Waals surface area contributed by atoms with Gasteiger partial charge in [0.2, 0.25) is 12.6 Å². The monoisotopic (exact) mass is 867 g/mol. The summed E-state index contributed by atoms with van der Waals surface area (Å²) >= 11 is 0. The molecule has 0 aromatic carbocycles. The van der Waals surface area contributed by atoms with Crippen LogP contribution in [0.25, 0.3) is 0 Å². The molecule has 2 unspecified atom stereocenters. The van der Waals surface area contributed by atoms with E-state index in [1.807, 2.05) is 13.8 Å². The minimum Gasteiger partial charge on any atom is -0.495 e. The van der Waals surface area contributed by atoms with Gasteiger partial charge in [-0.15, -0.1) is 0 Å². The van der Waals surface area contributed by atoms with E-state index in [0.29, 0.717) is 51.2 Å². The molecule has 0 saturated carbocycles. The molecule has 364 valence electrons. The molecule has 0 radical (unpaired) electrons. The van der Waals surface area contributed by atoms with Crippen LogP contribution in [-0.2, 0) is 33.2 Å². The summed E-state index contributed by atoms with van der Waals surface area (Å²) in [5.74, 6) is 2.96. The summed E-state index contributed by atoms with van der Waals surface area (Å²) in [6, 6.07) is 0. The Kier molecular flexibility index (Phi) is 46.9. The van der Waals surface area contributed by atoms with E-state index in [1.165, 1.54) is 167 Å². The maximum Gasteiger partial charge on any atom is 0.223 e. The lowest BCUT2D eigenvalue weighted by atomic mass is 10.1. The van der Waals surface area contributed by atoms with Gasteiger partial charge in [0.25, 0.3) is 0 Å². The van der Waals surface area contributed by atoms with Crippen molar-refractivity contribution in [3.8, 4) is 0 Å². The number of hydrogen-bond donors (Lipinski definition) is 0. The molecular weight excluding hydrogens is 761 g/mol. The molecule has 0 aliphatic heterocycles. The molecule has 0 aromatic rings. The van der Waals surface area contributed by atoms with Crippen LogP contribution in [0.2, 0.25) is 0 Å². The second-order valence-electron chi connectivity index (χ2n) is 17.2. The van der Waals surface area contributed by atoms with E-state index >= 15 is 0 Å². The van der Waals surface area contributed by atoms with Gasteiger partial charge in [0, 0.05) is 12.8 Å². The van der Waals surface area contributed by atoms with Gasteiger partial charge in [-0.3, -0.25) is 0 Å². The molecule has 0 aliphatic rings. The lowest BCUT2D eigenvalue weighted by Crippen LogP contribution is -2.34. The van der Waals surface area contributed by atoms with Crippen molar-refractivity contribution in [2.75, 3.05) is 39.6 Å². The smallest absolute Gasteiger partial charge is 0.223 e. The molecule has 0 saturated heterocycles. The summed E-state index contributed by atoms with van der Waals surface area (Å²) in [6.07, 6.45) is 39.9. The third-order valence-electron chi connectivity index (χ3n) is 11.5.